The molecule has 0 bridgehead atoms. The number of ketones is 1. The Labute approximate surface area is 53.3 Å². The van der Waals surface area contributed by atoms with Crippen molar-refractivity contribution in [1.82, 2.24) is 4.98 Å². The lowest BCUT2D eigenvalue weighted by Gasteiger charge is -1.85. The van der Waals surface area contributed by atoms with Crippen molar-refractivity contribution in [2.75, 3.05) is 0 Å². The van der Waals surface area contributed by atoms with E-state index in [1.54, 1.807) is 24.0 Å². The van der Waals surface area contributed by atoms with Gasteiger partial charge >= 0.3 is 0 Å². The molecule has 1 heterocycles. The predicted octanol–water partition coefficient (Wildman–Crippen LogP) is -0.109. The molecule has 1 aromatic rings. The summed E-state index contributed by atoms with van der Waals surface area (Å²) in [6.07, 6.45) is 5.35. The maximum Gasteiger partial charge on any atom is 0.241 e. The van der Waals surface area contributed by atoms with E-state index in [4.69, 9.17) is 0 Å². The Hall–Kier alpha value is -1.12. The van der Waals surface area contributed by atoms with Crippen molar-refractivity contribution in [2.24, 2.45) is 0 Å². The lowest BCUT2D eigenvalue weighted by atomic mass is 10.4. The minimum atomic E-state index is 0.166. The number of hydrogen-bond donors (Lipinski definition) is 1. The largest absolute Gasteiger partial charge is 0.296 e. The highest BCUT2D eigenvalue weighted by Gasteiger charge is 1.98. The number of Topliss-reactive ketones (excluding diaryl/α,β-unsaturated/α-hetero) is 1. The molecule has 0 aliphatic heterocycles. The van der Waals surface area contributed by atoms with E-state index >= 15 is 0 Å². The Morgan fingerprint density at radius 1 is 1.78 bits per heavy atom. The number of H-pyrrole nitrogens is 1. The molecule has 0 atom stereocenters. The van der Waals surface area contributed by atoms with Crippen LogP contribution < -0.4 is 4.57 Å². The van der Waals surface area contributed by atoms with Gasteiger partial charge in [0.05, 0.1) is 0 Å². The monoisotopic (exact) mass is 125 g/mol. The zero-order valence-corrected chi connectivity index (χ0v) is 5.29. The third-order valence-electron chi connectivity index (χ3n) is 1.01. The van der Waals surface area contributed by atoms with Crippen molar-refractivity contribution in [3.05, 3.63) is 18.7 Å². The van der Waals surface area contributed by atoms with Gasteiger partial charge in [0, 0.05) is 0 Å². The topological polar surface area (TPSA) is 36.7 Å². The molecule has 1 N–H and O–H groups in total. The fourth-order valence-electron chi connectivity index (χ4n) is 0.676. The second-order valence-electron chi connectivity index (χ2n) is 1.99. The first-order chi connectivity index (χ1) is 4.29. The Kier molecular flexibility index (Phi) is 1.63. The first-order valence-electron chi connectivity index (χ1n) is 2.80. The maximum atomic E-state index is 10.5. The van der Waals surface area contributed by atoms with Crippen LogP contribution in [0.2, 0.25) is 0 Å². The van der Waals surface area contributed by atoms with Gasteiger partial charge in [0.15, 0.2) is 5.78 Å². The zero-order valence-electron chi connectivity index (χ0n) is 5.29. The molecular formula is C6H9N2O+. The van der Waals surface area contributed by atoms with E-state index in [9.17, 15) is 4.79 Å². The SMILES string of the molecule is CC(=O)C[n+]1cc[nH]c1. The number of aromatic nitrogens is 2. The lowest BCUT2D eigenvalue weighted by molar-refractivity contribution is -0.682. The summed E-state index contributed by atoms with van der Waals surface area (Å²) < 4.78 is 1.79. The number of nitrogens with one attached hydrogen (secondary N) is 1. The van der Waals surface area contributed by atoms with Gasteiger partial charge in [-0.1, -0.05) is 0 Å². The summed E-state index contributed by atoms with van der Waals surface area (Å²) in [5, 5.41) is 0. The fraction of sp³-hybridized carbons (Fsp3) is 0.333. The number of nitrogens with zero attached hydrogens (tertiary/aromatic N) is 1. The summed E-state index contributed by atoms with van der Waals surface area (Å²) in [5.74, 6) is 0.166. The van der Waals surface area contributed by atoms with Crippen molar-refractivity contribution in [2.45, 2.75) is 13.5 Å². The Bertz CT molecular complexity index is 191. The zero-order chi connectivity index (χ0) is 6.69. The van der Waals surface area contributed by atoms with E-state index in [-0.39, 0.29) is 5.78 Å². The van der Waals surface area contributed by atoms with E-state index in [1.807, 2.05) is 6.20 Å². The van der Waals surface area contributed by atoms with Crippen LogP contribution in [0.5, 0.6) is 0 Å². The van der Waals surface area contributed by atoms with Crippen LogP contribution in [-0.4, -0.2) is 10.8 Å². The highest BCUT2D eigenvalue weighted by Crippen LogP contribution is 1.71. The van der Waals surface area contributed by atoms with E-state index in [0.717, 1.165) is 0 Å². The first-order valence-corrected chi connectivity index (χ1v) is 2.80. The molecule has 0 radical (unpaired) electrons. The van der Waals surface area contributed by atoms with E-state index < -0.39 is 0 Å². The van der Waals surface area contributed by atoms with Crippen LogP contribution in [0.3, 0.4) is 0 Å². The average Bonchev–Trinajstić information content (AvgIpc) is 2.15. The fourth-order valence-corrected chi connectivity index (χ4v) is 0.676. The van der Waals surface area contributed by atoms with Gasteiger partial charge in [-0.15, -0.1) is 0 Å². The minimum absolute atomic E-state index is 0.166. The number of carbonyl (C=O) groups is 1. The molecule has 3 heteroatoms. The van der Waals surface area contributed by atoms with Gasteiger partial charge < -0.3 is 0 Å². The van der Waals surface area contributed by atoms with Crippen LogP contribution in [-0.2, 0) is 11.3 Å². The van der Waals surface area contributed by atoms with Gasteiger partial charge in [-0.05, 0) is 6.92 Å². The Morgan fingerprint density at radius 2 is 2.56 bits per heavy atom. The number of imidazole rings is 1. The third-order valence-corrected chi connectivity index (χ3v) is 1.01. The summed E-state index contributed by atoms with van der Waals surface area (Å²) in [6, 6.07) is 0. The van der Waals surface area contributed by atoms with Crippen LogP contribution in [0.4, 0.5) is 0 Å². The maximum absolute atomic E-state index is 10.5. The molecule has 48 valence electrons. The van der Waals surface area contributed by atoms with Crippen molar-refractivity contribution in [3.8, 4) is 0 Å². The minimum Gasteiger partial charge on any atom is -0.296 e. The summed E-state index contributed by atoms with van der Waals surface area (Å²) in [6.45, 7) is 2.03. The number of carbonyl (C=O) groups excluding carboxylic acids is 1. The average molecular weight is 125 g/mol. The van der Waals surface area contributed by atoms with Crippen molar-refractivity contribution in [3.63, 3.8) is 0 Å². The molecule has 9 heavy (non-hydrogen) atoms. The van der Waals surface area contributed by atoms with E-state index in [2.05, 4.69) is 4.98 Å². The van der Waals surface area contributed by atoms with E-state index in [0.29, 0.717) is 6.54 Å². The predicted molar refractivity (Wildman–Crippen MR) is 31.7 cm³/mol. The normalized spacial score (nSPS) is 9.44. The van der Waals surface area contributed by atoms with Gasteiger partial charge in [0.2, 0.25) is 6.33 Å². The van der Waals surface area contributed by atoms with Crippen LogP contribution in [0.1, 0.15) is 6.92 Å². The number of hydrogen-bond acceptors (Lipinski definition) is 1. The molecule has 0 spiro atoms. The van der Waals surface area contributed by atoms with Crippen molar-refractivity contribution >= 4 is 5.78 Å². The Morgan fingerprint density at radius 3 is 3.00 bits per heavy atom. The number of aromatic amines is 1. The van der Waals surface area contributed by atoms with Crippen LogP contribution in [0.15, 0.2) is 18.7 Å². The second-order valence-corrected chi connectivity index (χ2v) is 1.99. The molecule has 0 amide bonds. The van der Waals surface area contributed by atoms with Gasteiger partial charge in [-0.25, -0.2) is 4.57 Å². The molecule has 0 aliphatic rings. The summed E-state index contributed by atoms with van der Waals surface area (Å²) in [7, 11) is 0. The molecule has 0 unspecified atom stereocenters. The van der Waals surface area contributed by atoms with Gasteiger partial charge in [0.1, 0.15) is 18.9 Å². The summed E-state index contributed by atoms with van der Waals surface area (Å²) >= 11 is 0. The standard InChI is InChI=1S/C6H8N2O/c1-6(9)4-8-3-2-7-5-8/h2-3,5H,4H2,1H3/p+1. The molecule has 1 rings (SSSR count). The first kappa shape index (κ1) is 6.01. The molecule has 0 aliphatic carbocycles. The van der Waals surface area contributed by atoms with Crippen molar-refractivity contribution < 1.29 is 9.36 Å². The molecule has 0 saturated heterocycles. The quantitative estimate of drug-likeness (QED) is 0.550. The molecule has 0 aromatic carbocycles. The summed E-state index contributed by atoms with van der Waals surface area (Å²) in [4.78, 5) is 13.3. The van der Waals surface area contributed by atoms with Crippen LogP contribution >= 0.6 is 0 Å². The molecular weight excluding hydrogens is 116 g/mol. The molecule has 1 aromatic heterocycles. The highest BCUT2D eigenvalue weighted by atomic mass is 16.1. The van der Waals surface area contributed by atoms with Gasteiger partial charge in [-0.2, -0.15) is 0 Å². The van der Waals surface area contributed by atoms with Crippen LogP contribution in [0, 0.1) is 0 Å². The second kappa shape index (κ2) is 2.44. The molecule has 3 nitrogen and oxygen atoms in total. The Balaban J connectivity index is 2.58. The molecule has 0 fully saturated rings. The smallest absolute Gasteiger partial charge is 0.241 e. The van der Waals surface area contributed by atoms with Crippen molar-refractivity contribution in [1.29, 1.82) is 0 Å². The highest BCUT2D eigenvalue weighted by molar-refractivity contribution is 5.73. The molecule has 0 saturated carbocycles. The third kappa shape index (κ3) is 1.68. The van der Waals surface area contributed by atoms with Gasteiger partial charge in [0.25, 0.3) is 0 Å². The number of rotatable bonds is 2. The van der Waals surface area contributed by atoms with Crippen LogP contribution in [0.25, 0.3) is 0 Å². The van der Waals surface area contributed by atoms with Gasteiger partial charge in [-0.3, -0.25) is 9.78 Å². The lowest BCUT2D eigenvalue weighted by Crippen LogP contribution is -2.34. The summed E-state index contributed by atoms with van der Waals surface area (Å²) in [5.41, 5.74) is 0. The van der Waals surface area contributed by atoms with E-state index in [1.165, 1.54) is 0 Å².